The lowest BCUT2D eigenvalue weighted by molar-refractivity contribution is -0.265. The second-order valence-electron chi connectivity index (χ2n) is 5.22. The Labute approximate surface area is 142 Å². The van der Waals surface area contributed by atoms with Gasteiger partial charge in [0.15, 0.2) is 5.60 Å². The number of carbonyl (C=O) groups excluding carboxylic acids is 1. The molecule has 132 valence electrons. The molecule has 0 spiro atoms. The number of aliphatic hydroxyl groups is 1. The summed E-state index contributed by atoms with van der Waals surface area (Å²) in [6.45, 7) is 0. The van der Waals surface area contributed by atoms with Gasteiger partial charge >= 0.3 is 12.1 Å². The fourth-order valence-corrected chi connectivity index (χ4v) is 2.09. The van der Waals surface area contributed by atoms with E-state index in [2.05, 4.69) is 5.48 Å². The number of alkyl halides is 3. The SMILES string of the molecule is O=C(C=CC[C@@](O)(c1ccccc1)C(F)(F)F)ONc1ccccc1. The maximum Gasteiger partial charge on any atom is 0.421 e. The van der Waals surface area contributed by atoms with Crippen LogP contribution < -0.4 is 5.48 Å². The van der Waals surface area contributed by atoms with Crippen LogP contribution in [-0.2, 0) is 15.2 Å². The van der Waals surface area contributed by atoms with Gasteiger partial charge in [-0.2, -0.15) is 13.2 Å². The first-order valence-electron chi connectivity index (χ1n) is 7.36. The molecule has 7 heteroatoms. The standard InChI is InChI=1S/C18H16F3NO3/c19-18(20,21)17(24,14-8-3-1-4-9-14)13-7-12-16(23)25-22-15-10-5-2-6-11-15/h1-12,22,24H,13H2/t17-/m1/s1. The number of nitrogens with one attached hydrogen (secondary N) is 1. The van der Waals surface area contributed by atoms with Crippen molar-refractivity contribution in [1.29, 1.82) is 0 Å². The van der Waals surface area contributed by atoms with E-state index in [1.54, 1.807) is 36.4 Å². The largest absolute Gasteiger partial charge is 0.421 e. The highest BCUT2D eigenvalue weighted by molar-refractivity contribution is 5.82. The summed E-state index contributed by atoms with van der Waals surface area (Å²) >= 11 is 0. The van der Waals surface area contributed by atoms with E-state index in [1.165, 1.54) is 24.3 Å². The molecule has 2 aromatic carbocycles. The molecular weight excluding hydrogens is 335 g/mol. The summed E-state index contributed by atoms with van der Waals surface area (Å²) in [7, 11) is 0. The van der Waals surface area contributed by atoms with Gasteiger partial charge in [0.1, 0.15) is 0 Å². The molecule has 0 unspecified atom stereocenters. The van der Waals surface area contributed by atoms with E-state index in [0.29, 0.717) is 5.69 Å². The molecule has 0 amide bonds. The van der Waals surface area contributed by atoms with Crippen LogP contribution in [0.1, 0.15) is 12.0 Å². The second-order valence-corrected chi connectivity index (χ2v) is 5.22. The van der Waals surface area contributed by atoms with Gasteiger partial charge in [-0.25, -0.2) is 10.3 Å². The molecule has 0 radical (unpaired) electrons. The average molecular weight is 351 g/mol. The van der Waals surface area contributed by atoms with Crippen molar-refractivity contribution in [2.75, 3.05) is 5.48 Å². The highest BCUT2D eigenvalue weighted by Crippen LogP contribution is 2.41. The third-order valence-corrected chi connectivity index (χ3v) is 3.43. The van der Waals surface area contributed by atoms with E-state index in [4.69, 9.17) is 4.84 Å². The van der Waals surface area contributed by atoms with Gasteiger partial charge in [-0.3, -0.25) is 0 Å². The second kappa shape index (κ2) is 7.85. The molecule has 0 fully saturated rings. The lowest BCUT2D eigenvalue weighted by Crippen LogP contribution is -2.41. The zero-order valence-electron chi connectivity index (χ0n) is 13.0. The molecule has 0 aliphatic heterocycles. The van der Waals surface area contributed by atoms with Gasteiger partial charge in [-0.1, -0.05) is 54.6 Å². The molecule has 2 N–H and O–H groups in total. The number of benzene rings is 2. The molecular formula is C18H16F3NO3. The van der Waals surface area contributed by atoms with Gasteiger partial charge in [0.25, 0.3) is 0 Å². The van der Waals surface area contributed by atoms with E-state index in [0.717, 1.165) is 12.2 Å². The average Bonchev–Trinajstić information content (AvgIpc) is 2.60. The third-order valence-electron chi connectivity index (χ3n) is 3.43. The van der Waals surface area contributed by atoms with Gasteiger partial charge in [0, 0.05) is 12.5 Å². The Hall–Kier alpha value is -2.80. The zero-order valence-corrected chi connectivity index (χ0v) is 13.0. The number of hydrogen-bond donors (Lipinski definition) is 2. The van der Waals surface area contributed by atoms with Gasteiger partial charge in [0.2, 0.25) is 0 Å². The van der Waals surface area contributed by atoms with Gasteiger partial charge < -0.3 is 9.94 Å². The maximum atomic E-state index is 13.3. The Morgan fingerprint density at radius 2 is 1.60 bits per heavy atom. The van der Waals surface area contributed by atoms with Gasteiger partial charge in [-0.05, 0) is 17.7 Å². The Bertz CT molecular complexity index is 717. The molecule has 2 aromatic rings. The molecule has 0 aliphatic carbocycles. The molecule has 1 atom stereocenters. The van der Waals surface area contributed by atoms with E-state index in [9.17, 15) is 23.1 Å². The first-order valence-corrected chi connectivity index (χ1v) is 7.36. The first kappa shape index (κ1) is 18.5. The summed E-state index contributed by atoms with van der Waals surface area (Å²) in [5.41, 5.74) is -0.506. The Morgan fingerprint density at radius 3 is 2.16 bits per heavy atom. The highest BCUT2D eigenvalue weighted by Gasteiger charge is 2.54. The zero-order chi connectivity index (χ0) is 18.3. The van der Waals surface area contributed by atoms with Crippen LogP contribution in [0.25, 0.3) is 0 Å². The molecule has 0 bridgehead atoms. The molecule has 0 aromatic heterocycles. The number of anilines is 1. The van der Waals surface area contributed by atoms with Crippen molar-refractivity contribution >= 4 is 11.7 Å². The first-order chi connectivity index (χ1) is 11.8. The van der Waals surface area contributed by atoms with Crippen LogP contribution >= 0.6 is 0 Å². The van der Waals surface area contributed by atoms with Crippen LogP contribution in [0.2, 0.25) is 0 Å². The van der Waals surface area contributed by atoms with Crippen molar-refractivity contribution < 1.29 is 27.9 Å². The predicted molar refractivity (Wildman–Crippen MR) is 86.3 cm³/mol. The minimum absolute atomic E-state index is 0.303. The number of carbonyl (C=O) groups is 1. The third kappa shape index (κ3) is 4.84. The molecule has 25 heavy (non-hydrogen) atoms. The Morgan fingerprint density at radius 1 is 1.04 bits per heavy atom. The van der Waals surface area contributed by atoms with Crippen molar-refractivity contribution in [1.82, 2.24) is 0 Å². The Balaban J connectivity index is 2.00. The van der Waals surface area contributed by atoms with Crippen molar-refractivity contribution in [3.8, 4) is 0 Å². The number of para-hydroxylation sites is 1. The van der Waals surface area contributed by atoms with Crippen molar-refractivity contribution in [2.45, 2.75) is 18.2 Å². The number of hydrogen-bond acceptors (Lipinski definition) is 4. The van der Waals surface area contributed by atoms with Crippen LogP contribution in [0.4, 0.5) is 18.9 Å². The number of halogens is 3. The molecule has 0 heterocycles. The lowest BCUT2D eigenvalue weighted by atomic mass is 9.89. The molecule has 0 saturated carbocycles. The van der Waals surface area contributed by atoms with Crippen LogP contribution in [0.15, 0.2) is 72.8 Å². The predicted octanol–water partition coefficient (Wildman–Crippen LogP) is 3.95. The molecule has 4 nitrogen and oxygen atoms in total. The molecule has 2 rings (SSSR count). The quantitative estimate of drug-likeness (QED) is 0.611. The fraction of sp³-hybridized carbons (Fsp3) is 0.167. The minimum Gasteiger partial charge on any atom is -0.376 e. The van der Waals surface area contributed by atoms with Crippen LogP contribution in [-0.4, -0.2) is 17.3 Å². The van der Waals surface area contributed by atoms with Crippen molar-refractivity contribution in [3.63, 3.8) is 0 Å². The number of rotatable bonds is 6. The van der Waals surface area contributed by atoms with E-state index >= 15 is 0 Å². The van der Waals surface area contributed by atoms with Crippen molar-refractivity contribution in [3.05, 3.63) is 78.4 Å². The smallest absolute Gasteiger partial charge is 0.376 e. The van der Waals surface area contributed by atoms with E-state index in [-0.39, 0.29) is 5.56 Å². The van der Waals surface area contributed by atoms with E-state index in [1.807, 2.05) is 0 Å². The molecule has 0 saturated heterocycles. The van der Waals surface area contributed by atoms with Crippen LogP contribution in [0, 0.1) is 0 Å². The lowest BCUT2D eigenvalue weighted by Gasteiger charge is -2.29. The van der Waals surface area contributed by atoms with E-state index < -0.39 is 24.2 Å². The van der Waals surface area contributed by atoms with Crippen LogP contribution in [0.3, 0.4) is 0 Å². The minimum atomic E-state index is -4.90. The van der Waals surface area contributed by atoms with Gasteiger partial charge in [-0.15, -0.1) is 0 Å². The summed E-state index contributed by atoms with van der Waals surface area (Å²) in [6, 6.07) is 15.2. The topological polar surface area (TPSA) is 58.6 Å². The summed E-state index contributed by atoms with van der Waals surface area (Å²) < 4.78 is 39.8. The highest BCUT2D eigenvalue weighted by atomic mass is 19.4. The normalized spacial score (nSPS) is 14.1. The Kier molecular flexibility index (Phi) is 5.82. The fourth-order valence-electron chi connectivity index (χ4n) is 2.09. The summed E-state index contributed by atoms with van der Waals surface area (Å²) in [4.78, 5) is 16.2. The summed E-state index contributed by atoms with van der Waals surface area (Å²) in [6.07, 6.45) is -3.96. The maximum absolute atomic E-state index is 13.3. The summed E-state index contributed by atoms with van der Waals surface area (Å²) in [5.74, 6) is -0.888. The van der Waals surface area contributed by atoms with Crippen LogP contribution in [0.5, 0.6) is 0 Å². The monoisotopic (exact) mass is 351 g/mol. The molecule has 0 aliphatic rings. The van der Waals surface area contributed by atoms with Crippen molar-refractivity contribution in [2.24, 2.45) is 0 Å². The summed E-state index contributed by atoms with van der Waals surface area (Å²) in [5, 5.41) is 10.1. The van der Waals surface area contributed by atoms with Gasteiger partial charge in [0.05, 0.1) is 5.69 Å².